The highest BCUT2D eigenvalue weighted by atomic mass is 16.5. The molecular formula is C27H38O4. The second-order valence-electron chi connectivity index (χ2n) is 8.65. The highest BCUT2D eigenvalue weighted by molar-refractivity contribution is 5.87. The zero-order valence-corrected chi connectivity index (χ0v) is 19.2. The van der Waals surface area contributed by atoms with Crippen LogP contribution >= 0.6 is 0 Å². The number of esters is 2. The second kappa shape index (κ2) is 13.8. The van der Waals surface area contributed by atoms with E-state index in [0.717, 1.165) is 11.5 Å². The number of hydrogen-bond donors (Lipinski definition) is 0. The molecule has 4 nitrogen and oxygen atoms in total. The molecule has 1 saturated carbocycles. The first-order chi connectivity index (χ1) is 15.0. The molecule has 0 atom stereocenters. The number of ether oxygens (including phenoxy) is 2. The van der Waals surface area contributed by atoms with Crippen molar-refractivity contribution in [1.82, 2.24) is 0 Å². The van der Waals surface area contributed by atoms with E-state index in [9.17, 15) is 9.59 Å². The summed E-state index contributed by atoms with van der Waals surface area (Å²) in [6.07, 6.45) is 14.4. The summed E-state index contributed by atoms with van der Waals surface area (Å²) < 4.78 is 10.1. The van der Waals surface area contributed by atoms with Gasteiger partial charge in [0.2, 0.25) is 0 Å². The minimum atomic E-state index is -0.422. The second-order valence-corrected chi connectivity index (χ2v) is 8.65. The Balaban J connectivity index is 1.67. The SMILES string of the molecule is C=C(C)C(=O)OCCCOC(=O)/C=C/c1ccc(C2CCC(CCCCC)CC2)cc1. The largest absolute Gasteiger partial charge is 0.462 e. The lowest BCUT2D eigenvalue weighted by Crippen LogP contribution is -2.13. The molecule has 0 aliphatic heterocycles. The fraction of sp³-hybridized carbons (Fsp3) is 0.556. The summed E-state index contributed by atoms with van der Waals surface area (Å²) in [5, 5.41) is 0. The monoisotopic (exact) mass is 426 g/mol. The zero-order chi connectivity index (χ0) is 22.5. The van der Waals surface area contributed by atoms with Gasteiger partial charge in [-0.2, -0.15) is 0 Å². The van der Waals surface area contributed by atoms with Crippen LogP contribution in [-0.2, 0) is 19.1 Å². The van der Waals surface area contributed by atoms with Gasteiger partial charge in [-0.1, -0.05) is 63.5 Å². The molecule has 0 aromatic heterocycles. The van der Waals surface area contributed by atoms with Crippen LogP contribution in [0.5, 0.6) is 0 Å². The number of benzene rings is 1. The Kier molecular flexibility index (Phi) is 11.1. The van der Waals surface area contributed by atoms with Crippen molar-refractivity contribution in [2.24, 2.45) is 5.92 Å². The van der Waals surface area contributed by atoms with Crippen LogP contribution < -0.4 is 0 Å². The molecule has 0 spiro atoms. The van der Waals surface area contributed by atoms with Gasteiger partial charge >= 0.3 is 11.9 Å². The number of carbonyl (C=O) groups is 2. The van der Waals surface area contributed by atoms with E-state index in [1.54, 1.807) is 13.0 Å². The fourth-order valence-electron chi connectivity index (χ4n) is 4.08. The van der Waals surface area contributed by atoms with Crippen molar-refractivity contribution in [3.8, 4) is 0 Å². The Morgan fingerprint density at radius 3 is 2.32 bits per heavy atom. The van der Waals surface area contributed by atoms with Crippen molar-refractivity contribution in [3.63, 3.8) is 0 Å². The van der Waals surface area contributed by atoms with Crippen LogP contribution in [0.4, 0.5) is 0 Å². The van der Waals surface area contributed by atoms with E-state index >= 15 is 0 Å². The van der Waals surface area contributed by atoms with Crippen molar-refractivity contribution < 1.29 is 19.1 Å². The quantitative estimate of drug-likeness (QED) is 0.214. The van der Waals surface area contributed by atoms with Gasteiger partial charge in [-0.25, -0.2) is 9.59 Å². The van der Waals surface area contributed by atoms with Gasteiger partial charge < -0.3 is 9.47 Å². The number of unbranched alkanes of at least 4 members (excludes halogenated alkanes) is 2. The van der Waals surface area contributed by atoms with Gasteiger partial charge in [-0.05, 0) is 61.6 Å². The van der Waals surface area contributed by atoms with Gasteiger partial charge in [0.1, 0.15) is 0 Å². The molecule has 1 aliphatic carbocycles. The van der Waals surface area contributed by atoms with Crippen LogP contribution in [0.1, 0.15) is 88.7 Å². The lowest BCUT2D eigenvalue weighted by Gasteiger charge is -2.29. The molecule has 0 heterocycles. The Bertz CT molecular complexity index is 724. The number of rotatable bonds is 12. The van der Waals surface area contributed by atoms with E-state index in [0.29, 0.717) is 17.9 Å². The highest BCUT2D eigenvalue weighted by Gasteiger charge is 2.21. The topological polar surface area (TPSA) is 52.6 Å². The summed E-state index contributed by atoms with van der Waals surface area (Å²) in [6, 6.07) is 8.54. The Labute approximate surface area is 187 Å². The smallest absolute Gasteiger partial charge is 0.333 e. The van der Waals surface area contributed by atoms with Crippen molar-refractivity contribution in [2.75, 3.05) is 13.2 Å². The molecule has 0 saturated heterocycles. The summed E-state index contributed by atoms with van der Waals surface area (Å²) >= 11 is 0. The van der Waals surface area contributed by atoms with E-state index < -0.39 is 11.9 Å². The van der Waals surface area contributed by atoms with E-state index in [4.69, 9.17) is 9.47 Å². The molecular weight excluding hydrogens is 388 g/mol. The molecule has 170 valence electrons. The summed E-state index contributed by atoms with van der Waals surface area (Å²) in [5.74, 6) is 0.782. The van der Waals surface area contributed by atoms with Crippen LogP contribution in [0.3, 0.4) is 0 Å². The first kappa shape index (κ1) is 24.9. The maximum absolute atomic E-state index is 11.8. The molecule has 1 aliphatic rings. The molecule has 0 N–H and O–H groups in total. The third-order valence-electron chi connectivity index (χ3n) is 6.00. The average molecular weight is 427 g/mol. The van der Waals surface area contributed by atoms with Gasteiger partial charge in [0.15, 0.2) is 0 Å². The van der Waals surface area contributed by atoms with E-state index in [1.165, 1.54) is 63.0 Å². The van der Waals surface area contributed by atoms with Crippen molar-refractivity contribution in [2.45, 2.75) is 77.6 Å². The predicted octanol–water partition coefficient (Wildman–Crippen LogP) is 6.61. The standard InChI is InChI=1S/C27H38O4/c1-4-5-6-8-22-9-14-24(15-10-22)25-16-11-23(12-17-25)13-18-26(28)30-19-7-20-31-27(29)21(2)3/h11-13,16-18,22,24H,2,4-10,14-15,19-20H2,1,3H3/b18-13+. The van der Waals surface area contributed by atoms with Crippen LogP contribution in [0.2, 0.25) is 0 Å². The normalized spacial score (nSPS) is 18.6. The Morgan fingerprint density at radius 1 is 1.00 bits per heavy atom. The van der Waals surface area contributed by atoms with Crippen molar-refractivity contribution in [1.29, 1.82) is 0 Å². The third kappa shape index (κ3) is 9.54. The van der Waals surface area contributed by atoms with Gasteiger partial charge in [0.05, 0.1) is 13.2 Å². The van der Waals surface area contributed by atoms with Gasteiger partial charge in [-0.3, -0.25) is 0 Å². The molecule has 31 heavy (non-hydrogen) atoms. The summed E-state index contributed by atoms with van der Waals surface area (Å²) in [4.78, 5) is 23.1. The van der Waals surface area contributed by atoms with E-state index in [-0.39, 0.29) is 13.2 Å². The van der Waals surface area contributed by atoms with E-state index in [2.05, 4.69) is 37.8 Å². The molecule has 4 heteroatoms. The maximum Gasteiger partial charge on any atom is 0.333 e. The summed E-state index contributed by atoms with van der Waals surface area (Å²) in [7, 11) is 0. The number of hydrogen-bond acceptors (Lipinski definition) is 4. The van der Waals surface area contributed by atoms with Crippen molar-refractivity contribution >= 4 is 18.0 Å². The van der Waals surface area contributed by atoms with Crippen LogP contribution in [0.25, 0.3) is 6.08 Å². The van der Waals surface area contributed by atoms with Crippen LogP contribution in [-0.4, -0.2) is 25.2 Å². The summed E-state index contributed by atoms with van der Waals surface area (Å²) in [5.41, 5.74) is 2.77. The van der Waals surface area contributed by atoms with Gasteiger partial charge in [-0.15, -0.1) is 0 Å². The Morgan fingerprint density at radius 2 is 1.68 bits per heavy atom. The molecule has 0 amide bonds. The zero-order valence-electron chi connectivity index (χ0n) is 19.2. The predicted molar refractivity (Wildman–Crippen MR) is 126 cm³/mol. The minimum absolute atomic E-state index is 0.213. The molecule has 0 radical (unpaired) electrons. The molecule has 0 bridgehead atoms. The van der Waals surface area contributed by atoms with E-state index in [1.807, 2.05) is 0 Å². The Hall–Kier alpha value is -2.36. The van der Waals surface area contributed by atoms with Crippen LogP contribution in [0.15, 0.2) is 42.5 Å². The average Bonchev–Trinajstić information content (AvgIpc) is 2.78. The highest BCUT2D eigenvalue weighted by Crippen LogP contribution is 2.37. The molecule has 1 fully saturated rings. The van der Waals surface area contributed by atoms with Gasteiger partial charge in [0, 0.05) is 18.1 Å². The van der Waals surface area contributed by atoms with Crippen LogP contribution in [0, 0.1) is 5.92 Å². The lowest BCUT2D eigenvalue weighted by molar-refractivity contribution is -0.140. The van der Waals surface area contributed by atoms with Gasteiger partial charge in [0.25, 0.3) is 0 Å². The van der Waals surface area contributed by atoms with Crippen molar-refractivity contribution in [3.05, 3.63) is 53.6 Å². The lowest BCUT2D eigenvalue weighted by atomic mass is 9.77. The maximum atomic E-state index is 11.8. The fourth-order valence-corrected chi connectivity index (χ4v) is 4.08. The third-order valence-corrected chi connectivity index (χ3v) is 6.00. The molecule has 1 aromatic carbocycles. The first-order valence-electron chi connectivity index (χ1n) is 11.8. The number of carbonyl (C=O) groups excluding carboxylic acids is 2. The summed E-state index contributed by atoms with van der Waals surface area (Å²) in [6.45, 7) is 7.81. The molecule has 1 aromatic rings. The first-order valence-corrected chi connectivity index (χ1v) is 11.8. The molecule has 2 rings (SSSR count). The molecule has 0 unspecified atom stereocenters. The minimum Gasteiger partial charge on any atom is -0.462 e.